The average Bonchev–Trinajstić information content (AvgIpc) is 3.39. The van der Waals surface area contributed by atoms with Crippen LogP contribution in [0.25, 0.3) is 0 Å². The number of carbonyl (C=O) groups is 3. The standard InChI is InChI=1S/C67H106O6/c1-4-7-10-13-16-19-22-25-28-30-31-32-33-34-35-37-39-42-45-48-51-54-57-60-66(69)72-63-64(62-71-65(68)59-56-53-50-47-44-41-38-27-24-21-18-15-12-9-6-3)73-67(70)61-58-55-52-49-46-43-40-36-29-26-23-20-17-14-11-8-5-2/h7-8,10-11,16-17,19-20,25-29,31-32,34-35,38-40,42-43,48,51,64H,4-6,9,12-15,18,21-24,30,33,36-37,41,44-47,49-50,52-63H2,1-3H3/b10-7-,11-8-,19-16-,20-17-,28-25-,29-26-,32-31-,35-34-,38-27-,42-39-,43-40-,51-48-. The second kappa shape index (κ2) is 59.8. The van der Waals surface area contributed by atoms with Gasteiger partial charge in [0.2, 0.25) is 0 Å². The zero-order valence-corrected chi connectivity index (χ0v) is 46.8. The fourth-order valence-electron chi connectivity index (χ4n) is 7.47. The van der Waals surface area contributed by atoms with Crippen LogP contribution in [0.15, 0.2) is 146 Å². The van der Waals surface area contributed by atoms with Gasteiger partial charge in [0.05, 0.1) is 0 Å². The first kappa shape index (κ1) is 68.3. The van der Waals surface area contributed by atoms with Gasteiger partial charge in [0.25, 0.3) is 0 Å². The average molecular weight is 1010 g/mol. The van der Waals surface area contributed by atoms with Crippen LogP contribution in [0.3, 0.4) is 0 Å². The summed E-state index contributed by atoms with van der Waals surface area (Å²) in [5, 5.41) is 0. The molecule has 0 aromatic heterocycles. The summed E-state index contributed by atoms with van der Waals surface area (Å²) >= 11 is 0. The molecule has 0 rings (SSSR count). The van der Waals surface area contributed by atoms with E-state index >= 15 is 0 Å². The molecule has 0 aliphatic rings. The summed E-state index contributed by atoms with van der Waals surface area (Å²) in [7, 11) is 0. The Morgan fingerprint density at radius 3 is 0.904 bits per heavy atom. The number of esters is 3. The van der Waals surface area contributed by atoms with Crippen molar-refractivity contribution in [2.45, 2.75) is 245 Å². The van der Waals surface area contributed by atoms with Crippen molar-refractivity contribution in [3.63, 3.8) is 0 Å². The maximum atomic E-state index is 12.9. The molecular weight excluding hydrogens is 901 g/mol. The third-order valence-electron chi connectivity index (χ3n) is 11.8. The summed E-state index contributed by atoms with van der Waals surface area (Å²) < 4.78 is 16.8. The Bertz CT molecular complexity index is 1630. The summed E-state index contributed by atoms with van der Waals surface area (Å²) in [4.78, 5) is 38.2. The van der Waals surface area contributed by atoms with E-state index < -0.39 is 6.10 Å². The van der Waals surface area contributed by atoms with Crippen molar-refractivity contribution in [1.82, 2.24) is 0 Å². The van der Waals surface area contributed by atoms with Crippen LogP contribution in [0.5, 0.6) is 0 Å². The smallest absolute Gasteiger partial charge is 0.306 e. The third kappa shape index (κ3) is 58.1. The van der Waals surface area contributed by atoms with E-state index in [0.717, 1.165) is 141 Å². The lowest BCUT2D eigenvalue weighted by Crippen LogP contribution is -2.30. The molecule has 1 unspecified atom stereocenters. The minimum Gasteiger partial charge on any atom is -0.462 e. The van der Waals surface area contributed by atoms with E-state index in [-0.39, 0.29) is 44.0 Å². The molecule has 0 amide bonds. The van der Waals surface area contributed by atoms with Crippen molar-refractivity contribution in [1.29, 1.82) is 0 Å². The maximum Gasteiger partial charge on any atom is 0.306 e. The molecule has 0 saturated carbocycles. The number of rotatable bonds is 51. The molecule has 0 aliphatic carbocycles. The molecule has 0 heterocycles. The Morgan fingerprint density at radius 1 is 0.288 bits per heavy atom. The van der Waals surface area contributed by atoms with Crippen LogP contribution in [0.1, 0.15) is 239 Å². The molecular formula is C67H106O6. The summed E-state index contributed by atoms with van der Waals surface area (Å²) in [6.07, 6.45) is 85.5. The normalized spacial score (nSPS) is 13.2. The third-order valence-corrected chi connectivity index (χ3v) is 11.8. The Kier molecular flexibility index (Phi) is 56.0. The molecule has 0 aromatic rings. The van der Waals surface area contributed by atoms with Crippen molar-refractivity contribution in [2.75, 3.05) is 13.2 Å². The summed E-state index contributed by atoms with van der Waals surface area (Å²) in [6.45, 7) is 6.32. The molecule has 0 radical (unpaired) electrons. The molecule has 0 spiro atoms. The quantitative estimate of drug-likeness (QED) is 0.0261. The van der Waals surface area contributed by atoms with Gasteiger partial charge < -0.3 is 14.2 Å². The van der Waals surface area contributed by atoms with Crippen molar-refractivity contribution in [3.05, 3.63) is 146 Å². The van der Waals surface area contributed by atoms with Crippen molar-refractivity contribution >= 4 is 17.9 Å². The van der Waals surface area contributed by atoms with Gasteiger partial charge in [-0.1, -0.05) is 231 Å². The van der Waals surface area contributed by atoms with Gasteiger partial charge in [-0.15, -0.1) is 0 Å². The van der Waals surface area contributed by atoms with E-state index in [0.29, 0.717) is 12.8 Å². The fraction of sp³-hybridized carbons (Fsp3) is 0.597. The second-order valence-electron chi connectivity index (χ2n) is 18.8. The largest absolute Gasteiger partial charge is 0.462 e. The first-order valence-corrected chi connectivity index (χ1v) is 29.3. The number of unbranched alkanes of at least 4 members (excludes halogenated alkanes) is 16. The lowest BCUT2D eigenvalue weighted by molar-refractivity contribution is -0.167. The van der Waals surface area contributed by atoms with Crippen LogP contribution in [-0.2, 0) is 28.6 Å². The molecule has 0 bridgehead atoms. The van der Waals surface area contributed by atoms with E-state index in [1.54, 1.807) is 0 Å². The summed E-state index contributed by atoms with van der Waals surface area (Å²) in [5.74, 6) is -1.02. The SMILES string of the molecule is CC/C=C\C/C=C\C/C=C\C/C=C\C/C=C\C/C=C\C/C=C\CCCC(=O)OCC(COC(=O)CCCCCCC/C=C\CCCCCCCC)OC(=O)CCCCCC/C=C\C/C=C\C/C=C\C/C=C\CC. The molecule has 1 atom stereocenters. The van der Waals surface area contributed by atoms with E-state index in [9.17, 15) is 14.4 Å². The van der Waals surface area contributed by atoms with Gasteiger partial charge in [0, 0.05) is 19.3 Å². The Labute approximate surface area is 448 Å². The molecule has 0 fully saturated rings. The van der Waals surface area contributed by atoms with E-state index in [2.05, 4.69) is 167 Å². The van der Waals surface area contributed by atoms with E-state index in [4.69, 9.17) is 14.2 Å². The topological polar surface area (TPSA) is 78.9 Å². The van der Waals surface area contributed by atoms with Crippen molar-refractivity contribution in [2.24, 2.45) is 0 Å². The molecule has 0 aliphatic heterocycles. The number of ether oxygens (including phenoxy) is 3. The predicted molar refractivity (Wildman–Crippen MR) is 315 cm³/mol. The highest BCUT2D eigenvalue weighted by Gasteiger charge is 2.19. The van der Waals surface area contributed by atoms with Crippen LogP contribution < -0.4 is 0 Å². The van der Waals surface area contributed by atoms with Crippen LogP contribution >= 0.6 is 0 Å². The van der Waals surface area contributed by atoms with Gasteiger partial charge in [0.15, 0.2) is 6.10 Å². The van der Waals surface area contributed by atoms with Gasteiger partial charge in [0.1, 0.15) is 13.2 Å². The molecule has 73 heavy (non-hydrogen) atoms. The van der Waals surface area contributed by atoms with Crippen LogP contribution in [-0.4, -0.2) is 37.2 Å². The van der Waals surface area contributed by atoms with Crippen LogP contribution in [0.4, 0.5) is 0 Å². The molecule has 6 heteroatoms. The number of allylic oxidation sites excluding steroid dienone is 24. The highest BCUT2D eigenvalue weighted by molar-refractivity contribution is 5.71. The highest BCUT2D eigenvalue weighted by atomic mass is 16.6. The predicted octanol–water partition coefficient (Wildman–Crippen LogP) is 20.0. The van der Waals surface area contributed by atoms with Crippen molar-refractivity contribution in [3.8, 4) is 0 Å². The van der Waals surface area contributed by atoms with Gasteiger partial charge in [-0.3, -0.25) is 14.4 Å². The molecule has 410 valence electrons. The highest BCUT2D eigenvalue weighted by Crippen LogP contribution is 2.13. The molecule has 0 aromatic carbocycles. The lowest BCUT2D eigenvalue weighted by atomic mass is 10.1. The van der Waals surface area contributed by atoms with E-state index in [1.165, 1.54) is 51.4 Å². The Balaban J connectivity index is 4.56. The molecule has 0 saturated heterocycles. The number of hydrogen-bond acceptors (Lipinski definition) is 6. The van der Waals surface area contributed by atoms with Crippen LogP contribution in [0.2, 0.25) is 0 Å². The molecule has 0 N–H and O–H groups in total. The first-order chi connectivity index (χ1) is 36.0. The number of hydrogen-bond donors (Lipinski definition) is 0. The zero-order chi connectivity index (χ0) is 52.9. The number of carbonyl (C=O) groups excluding carboxylic acids is 3. The second-order valence-corrected chi connectivity index (χ2v) is 18.8. The Morgan fingerprint density at radius 2 is 0.548 bits per heavy atom. The lowest BCUT2D eigenvalue weighted by Gasteiger charge is -2.18. The van der Waals surface area contributed by atoms with Gasteiger partial charge in [-0.05, 0) is 135 Å². The van der Waals surface area contributed by atoms with Gasteiger partial charge in [-0.25, -0.2) is 0 Å². The van der Waals surface area contributed by atoms with Crippen molar-refractivity contribution < 1.29 is 28.6 Å². The van der Waals surface area contributed by atoms with Gasteiger partial charge >= 0.3 is 17.9 Å². The maximum absolute atomic E-state index is 12.9. The monoisotopic (exact) mass is 1010 g/mol. The zero-order valence-electron chi connectivity index (χ0n) is 46.8. The minimum atomic E-state index is -0.825. The van der Waals surface area contributed by atoms with E-state index in [1.807, 2.05) is 0 Å². The Hall–Kier alpha value is -4.71. The van der Waals surface area contributed by atoms with Crippen LogP contribution in [0, 0.1) is 0 Å². The fourth-order valence-corrected chi connectivity index (χ4v) is 7.47. The first-order valence-electron chi connectivity index (χ1n) is 29.3. The summed E-state index contributed by atoms with van der Waals surface area (Å²) in [5.41, 5.74) is 0. The summed E-state index contributed by atoms with van der Waals surface area (Å²) in [6, 6.07) is 0. The minimum absolute atomic E-state index is 0.116. The van der Waals surface area contributed by atoms with Gasteiger partial charge in [-0.2, -0.15) is 0 Å². The molecule has 6 nitrogen and oxygen atoms in total.